The molecule has 1 saturated heterocycles. The third-order valence-electron chi connectivity index (χ3n) is 3.78. The Morgan fingerprint density at radius 1 is 1.08 bits per heavy atom. The SMILES string of the molecule is COCCC(=O)N1CCN(C(=O)c2cccc(OC(C)=O)c2)CC1. The van der Waals surface area contributed by atoms with Crippen LogP contribution < -0.4 is 4.74 Å². The Balaban J connectivity index is 1.93. The summed E-state index contributed by atoms with van der Waals surface area (Å²) >= 11 is 0. The van der Waals surface area contributed by atoms with Gasteiger partial charge in [-0.05, 0) is 18.2 Å². The molecule has 1 aliphatic heterocycles. The van der Waals surface area contributed by atoms with Crippen LogP contribution in [0, 0.1) is 0 Å². The summed E-state index contributed by atoms with van der Waals surface area (Å²) in [5.41, 5.74) is 0.466. The first-order chi connectivity index (χ1) is 11.5. The number of hydrogen-bond acceptors (Lipinski definition) is 5. The molecule has 1 aliphatic rings. The Bertz CT molecular complexity index is 609. The summed E-state index contributed by atoms with van der Waals surface area (Å²) < 4.78 is 9.92. The van der Waals surface area contributed by atoms with Gasteiger partial charge < -0.3 is 19.3 Å². The van der Waals surface area contributed by atoms with Gasteiger partial charge in [0.1, 0.15) is 5.75 Å². The molecule has 2 rings (SSSR count). The number of esters is 1. The maximum Gasteiger partial charge on any atom is 0.308 e. The number of ether oxygens (including phenoxy) is 2. The molecule has 0 aromatic heterocycles. The van der Waals surface area contributed by atoms with Crippen LogP contribution in [-0.4, -0.2) is 67.5 Å². The minimum atomic E-state index is -0.428. The molecular formula is C17H22N2O5. The van der Waals surface area contributed by atoms with Gasteiger partial charge in [-0.15, -0.1) is 0 Å². The predicted molar refractivity (Wildman–Crippen MR) is 86.7 cm³/mol. The van der Waals surface area contributed by atoms with Crippen molar-refractivity contribution in [1.29, 1.82) is 0 Å². The second kappa shape index (κ2) is 8.44. The number of methoxy groups -OCH3 is 1. The highest BCUT2D eigenvalue weighted by Gasteiger charge is 2.24. The summed E-state index contributed by atoms with van der Waals surface area (Å²) in [7, 11) is 1.56. The summed E-state index contributed by atoms with van der Waals surface area (Å²) in [6.45, 7) is 3.70. The highest BCUT2D eigenvalue weighted by Crippen LogP contribution is 2.16. The molecule has 0 saturated carbocycles. The van der Waals surface area contributed by atoms with E-state index in [9.17, 15) is 14.4 Å². The third-order valence-corrected chi connectivity index (χ3v) is 3.78. The average Bonchev–Trinajstić information content (AvgIpc) is 2.59. The van der Waals surface area contributed by atoms with Gasteiger partial charge in [0, 0.05) is 45.8 Å². The van der Waals surface area contributed by atoms with E-state index in [-0.39, 0.29) is 11.8 Å². The standard InChI is InChI=1S/C17H22N2O5/c1-13(20)24-15-5-3-4-14(12-15)17(22)19-9-7-18(8-10-19)16(21)6-11-23-2/h3-5,12H,6-11H2,1-2H3. The van der Waals surface area contributed by atoms with Crippen LogP contribution in [0.25, 0.3) is 0 Å². The maximum atomic E-state index is 12.5. The smallest absolute Gasteiger partial charge is 0.308 e. The first-order valence-electron chi connectivity index (χ1n) is 7.85. The van der Waals surface area contributed by atoms with Crippen molar-refractivity contribution in [1.82, 2.24) is 9.80 Å². The number of carbonyl (C=O) groups excluding carboxylic acids is 3. The van der Waals surface area contributed by atoms with E-state index < -0.39 is 5.97 Å². The molecule has 0 bridgehead atoms. The molecule has 0 N–H and O–H groups in total. The average molecular weight is 334 g/mol. The van der Waals surface area contributed by atoms with Gasteiger partial charge in [0.2, 0.25) is 5.91 Å². The molecule has 0 aliphatic carbocycles. The van der Waals surface area contributed by atoms with Gasteiger partial charge in [0.25, 0.3) is 5.91 Å². The van der Waals surface area contributed by atoms with Crippen LogP contribution in [0.4, 0.5) is 0 Å². The Morgan fingerprint density at radius 3 is 2.38 bits per heavy atom. The van der Waals surface area contributed by atoms with Crippen molar-refractivity contribution in [2.75, 3.05) is 39.9 Å². The minimum absolute atomic E-state index is 0.0424. The van der Waals surface area contributed by atoms with E-state index in [2.05, 4.69) is 0 Å². The molecule has 24 heavy (non-hydrogen) atoms. The van der Waals surface area contributed by atoms with E-state index in [1.807, 2.05) is 0 Å². The summed E-state index contributed by atoms with van der Waals surface area (Å²) in [5, 5.41) is 0. The number of carbonyl (C=O) groups is 3. The van der Waals surface area contributed by atoms with Gasteiger partial charge in [0.15, 0.2) is 0 Å². The quantitative estimate of drug-likeness (QED) is 0.591. The molecule has 1 fully saturated rings. The number of amides is 2. The van der Waals surface area contributed by atoms with Crippen molar-refractivity contribution < 1.29 is 23.9 Å². The highest BCUT2D eigenvalue weighted by atomic mass is 16.5. The predicted octanol–water partition coefficient (Wildman–Crippen LogP) is 0.933. The highest BCUT2D eigenvalue weighted by molar-refractivity contribution is 5.95. The molecule has 1 aromatic rings. The lowest BCUT2D eigenvalue weighted by atomic mass is 10.1. The lowest BCUT2D eigenvalue weighted by Gasteiger charge is -2.34. The van der Waals surface area contributed by atoms with E-state index >= 15 is 0 Å². The summed E-state index contributed by atoms with van der Waals surface area (Å²) in [4.78, 5) is 38.9. The van der Waals surface area contributed by atoms with Gasteiger partial charge in [-0.3, -0.25) is 14.4 Å². The van der Waals surface area contributed by atoms with Gasteiger partial charge in [-0.25, -0.2) is 0 Å². The summed E-state index contributed by atoms with van der Waals surface area (Å²) in [6.07, 6.45) is 0.356. The fraction of sp³-hybridized carbons (Fsp3) is 0.471. The Hall–Kier alpha value is -2.41. The van der Waals surface area contributed by atoms with Gasteiger partial charge >= 0.3 is 5.97 Å². The van der Waals surface area contributed by atoms with Crippen molar-refractivity contribution in [3.05, 3.63) is 29.8 Å². The maximum absolute atomic E-state index is 12.5. The van der Waals surface area contributed by atoms with Crippen LogP contribution in [0.2, 0.25) is 0 Å². The van der Waals surface area contributed by atoms with Crippen molar-refractivity contribution in [2.45, 2.75) is 13.3 Å². The second-order valence-corrected chi connectivity index (χ2v) is 5.54. The summed E-state index contributed by atoms with van der Waals surface area (Å²) in [5.74, 6) is -0.168. The molecule has 7 nitrogen and oxygen atoms in total. The molecule has 1 heterocycles. The van der Waals surface area contributed by atoms with Crippen LogP contribution in [0.1, 0.15) is 23.7 Å². The molecule has 0 unspecified atom stereocenters. The lowest BCUT2D eigenvalue weighted by Crippen LogP contribution is -2.50. The number of benzene rings is 1. The number of hydrogen-bond donors (Lipinski definition) is 0. The Kier molecular flexibility index (Phi) is 6.31. The van der Waals surface area contributed by atoms with Gasteiger partial charge in [0.05, 0.1) is 13.0 Å². The molecule has 1 aromatic carbocycles. The molecule has 0 spiro atoms. The van der Waals surface area contributed by atoms with Crippen LogP contribution in [0.3, 0.4) is 0 Å². The third kappa shape index (κ3) is 4.79. The molecule has 0 atom stereocenters. The molecule has 7 heteroatoms. The summed E-state index contributed by atoms with van der Waals surface area (Å²) in [6, 6.07) is 6.55. The lowest BCUT2D eigenvalue weighted by molar-refractivity contribution is -0.133. The Morgan fingerprint density at radius 2 is 1.75 bits per heavy atom. The molecule has 2 amide bonds. The van der Waals surface area contributed by atoms with Gasteiger partial charge in [-0.2, -0.15) is 0 Å². The first kappa shape index (κ1) is 17.9. The molecular weight excluding hydrogens is 312 g/mol. The van der Waals surface area contributed by atoms with Crippen LogP contribution in [-0.2, 0) is 14.3 Å². The van der Waals surface area contributed by atoms with Crippen LogP contribution >= 0.6 is 0 Å². The molecule has 130 valence electrons. The van der Waals surface area contributed by atoms with Gasteiger partial charge in [-0.1, -0.05) is 6.07 Å². The monoisotopic (exact) mass is 334 g/mol. The van der Waals surface area contributed by atoms with Crippen LogP contribution in [0.15, 0.2) is 24.3 Å². The Labute approximate surface area is 141 Å². The van der Waals surface area contributed by atoms with Crippen molar-refractivity contribution in [3.8, 4) is 5.75 Å². The number of piperazine rings is 1. The van der Waals surface area contributed by atoms with E-state index in [1.165, 1.54) is 6.92 Å². The fourth-order valence-corrected chi connectivity index (χ4v) is 2.55. The first-order valence-corrected chi connectivity index (χ1v) is 7.85. The van der Waals surface area contributed by atoms with E-state index in [0.29, 0.717) is 50.5 Å². The van der Waals surface area contributed by atoms with Crippen molar-refractivity contribution >= 4 is 17.8 Å². The fourth-order valence-electron chi connectivity index (χ4n) is 2.55. The van der Waals surface area contributed by atoms with E-state index in [4.69, 9.17) is 9.47 Å². The second-order valence-electron chi connectivity index (χ2n) is 5.54. The minimum Gasteiger partial charge on any atom is -0.427 e. The van der Waals surface area contributed by atoms with Crippen LogP contribution in [0.5, 0.6) is 5.75 Å². The zero-order chi connectivity index (χ0) is 17.5. The van der Waals surface area contributed by atoms with Crippen molar-refractivity contribution in [2.24, 2.45) is 0 Å². The number of nitrogens with zero attached hydrogens (tertiary/aromatic N) is 2. The van der Waals surface area contributed by atoms with E-state index in [0.717, 1.165) is 0 Å². The zero-order valence-electron chi connectivity index (χ0n) is 14.0. The zero-order valence-corrected chi connectivity index (χ0v) is 14.0. The number of rotatable bonds is 5. The molecule has 0 radical (unpaired) electrons. The topological polar surface area (TPSA) is 76.2 Å². The van der Waals surface area contributed by atoms with E-state index in [1.54, 1.807) is 41.2 Å². The van der Waals surface area contributed by atoms with Crippen molar-refractivity contribution in [3.63, 3.8) is 0 Å². The largest absolute Gasteiger partial charge is 0.427 e. The normalized spacial score (nSPS) is 14.4.